The first kappa shape index (κ1) is 13.9. The van der Waals surface area contributed by atoms with E-state index in [0.717, 1.165) is 18.5 Å². The molecule has 0 atom stereocenters. The maximum absolute atomic E-state index is 12.0. The predicted molar refractivity (Wildman–Crippen MR) is 71.3 cm³/mol. The van der Waals surface area contributed by atoms with Gasteiger partial charge in [-0.3, -0.25) is 9.78 Å². The van der Waals surface area contributed by atoms with Gasteiger partial charge in [0.15, 0.2) is 5.78 Å². The average Bonchev–Trinajstić information content (AvgIpc) is 2.29. The summed E-state index contributed by atoms with van der Waals surface area (Å²) in [5.41, 5.74) is 1.48. The van der Waals surface area contributed by atoms with Gasteiger partial charge in [0.1, 0.15) is 0 Å². The number of ketones is 1. The molecule has 0 aliphatic rings. The first-order valence-corrected chi connectivity index (χ1v) is 6.40. The molecule has 1 heterocycles. The third kappa shape index (κ3) is 3.39. The topological polar surface area (TPSA) is 30.0 Å². The van der Waals surface area contributed by atoms with Crippen molar-refractivity contribution < 1.29 is 4.79 Å². The molecule has 1 rings (SSSR count). The van der Waals surface area contributed by atoms with Gasteiger partial charge in [0.05, 0.1) is 0 Å². The van der Waals surface area contributed by atoms with Crippen molar-refractivity contribution in [1.29, 1.82) is 0 Å². The van der Waals surface area contributed by atoms with Crippen molar-refractivity contribution in [2.45, 2.75) is 53.4 Å². The standard InChI is InChI=1S/C15H23NO/c1-6-11(7-2)13-9-8-12(10-16-13)14(17)15(3,4)5/h8-11H,6-7H2,1-5H3. The molecule has 17 heavy (non-hydrogen) atoms. The van der Waals surface area contributed by atoms with E-state index in [2.05, 4.69) is 18.8 Å². The molecular weight excluding hydrogens is 210 g/mol. The lowest BCUT2D eigenvalue weighted by atomic mass is 9.87. The molecule has 0 saturated carbocycles. The maximum atomic E-state index is 12.0. The van der Waals surface area contributed by atoms with Crippen molar-refractivity contribution in [3.05, 3.63) is 29.6 Å². The highest BCUT2D eigenvalue weighted by Gasteiger charge is 2.23. The summed E-state index contributed by atoms with van der Waals surface area (Å²) in [6, 6.07) is 3.91. The zero-order valence-corrected chi connectivity index (χ0v) is 11.6. The first-order valence-electron chi connectivity index (χ1n) is 6.40. The second-order valence-corrected chi connectivity index (χ2v) is 5.56. The van der Waals surface area contributed by atoms with Crippen LogP contribution < -0.4 is 0 Å². The average molecular weight is 233 g/mol. The van der Waals surface area contributed by atoms with Crippen LogP contribution in [0.1, 0.15) is 69.4 Å². The fourth-order valence-corrected chi connectivity index (χ4v) is 1.92. The van der Waals surface area contributed by atoms with Crippen LogP contribution in [0.5, 0.6) is 0 Å². The molecule has 2 nitrogen and oxygen atoms in total. The number of pyridine rings is 1. The van der Waals surface area contributed by atoms with Crippen LogP contribution in [0.3, 0.4) is 0 Å². The normalized spacial score (nSPS) is 11.9. The Balaban J connectivity index is 2.92. The Kier molecular flexibility index (Phi) is 4.44. The lowest BCUT2D eigenvalue weighted by Gasteiger charge is -2.17. The second-order valence-electron chi connectivity index (χ2n) is 5.56. The van der Waals surface area contributed by atoms with Crippen LogP contribution in [0.15, 0.2) is 18.3 Å². The number of carbonyl (C=O) groups excluding carboxylic acids is 1. The summed E-state index contributed by atoms with van der Waals surface area (Å²) in [6.45, 7) is 10.1. The first-order chi connectivity index (χ1) is 7.90. The smallest absolute Gasteiger partial charge is 0.169 e. The monoisotopic (exact) mass is 233 g/mol. The fourth-order valence-electron chi connectivity index (χ4n) is 1.92. The van der Waals surface area contributed by atoms with E-state index in [0.29, 0.717) is 11.5 Å². The fraction of sp³-hybridized carbons (Fsp3) is 0.600. The summed E-state index contributed by atoms with van der Waals surface area (Å²) in [5, 5.41) is 0. The van der Waals surface area contributed by atoms with E-state index in [1.54, 1.807) is 6.20 Å². The number of hydrogen-bond acceptors (Lipinski definition) is 2. The van der Waals surface area contributed by atoms with Crippen molar-refractivity contribution in [1.82, 2.24) is 4.98 Å². The second kappa shape index (κ2) is 5.44. The number of rotatable bonds is 4. The Morgan fingerprint density at radius 1 is 1.24 bits per heavy atom. The van der Waals surface area contributed by atoms with Gasteiger partial charge in [0.25, 0.3) is 0 Å². The molecule has 0 radical (unpaired) electrons. The van der Waals surface area contributed by atoms with Gasteiger partial charge in [-0.2, -0.15) is 0 Å². The molecule has 0 aliphatic carbocycles. The van der Waals surface area contributed by atoms with E-state index in [-0.39, 0.29) is 11.2 Å². The highest BCUT2D eigenvalue weighted by atomic mass is 16.1. The van der Waals surface area contributed by atoms with Crippen molar-refractivity contribution in [3.63, 3.8) is 0 Å². The van der Waals surface area contributed by atoms with Crippen LogP contribution in [0, 0.1) is 5.41 Å². The third-order valence-electron chi connectivity index (χ3n) is 3.13. The van der Waals surface area contributed by atoms with Crippen LogP contribution in [0.2, 0.25) is 0 Å². The summed E-state index contributed by atoms with van der Waals surface area (Å²) < 4.78 is 0. The van der Waals surface area contributed by atoms with E-state index >= 15 is 0 Å². The minimum Gasteiger partial charge on any atom is -0.294 e. The van der Waals surface area contributed by atoms with Gasteiger partial charge in [-0.25, -0.2) is 0 Å². The molecule has 1 aromatic rings. The Hall–Kier alpha value is -1.18. The van der Waals surface area contributed by atoms with Crippen molar-refractivity contribution in [2.75, 3.05) is 0 Å². The molecule has 1 aromatic heterocycles. The SMILES string of the molecule is CCC(CC)c1ccc(C(=O)C(C)(C)C)cn1. The summed E-state index contributed by atoms with van der Waals surface area (Å²) in [5.74, 6) is 0.662. The summed E-state index contributed by atoms with van der Waals surface area (Å²) >= 11 is 0. The quantitative estimate of drug-likeness (QED) is 0.729. The Bertz CT molecular complexity index is 369. The number of aromatic nitrogens is 1. The molecule has 0 saturated heterocycles. The number of nitrogens with zero attached hydrogens (tertiary/aromatic N) is 1. The lowest BCUT2D eigenvalue weighted by Crippen LogP contribution is -2.20. The molecule has 2 heteroatoms. The van der Waals surface area contributed by atoms with Crippen LogP contribution >= 0.6 is 0 Å². The van der Waals surface area contributed by atoms with Crippen molar-refractivity contribution >= 4 is 5.78 Å². The van der Waals surface area contributed by atoms with Crippen molar-refractivity contribution in [3.8, 4) is 0 Å². The Morgan fingerprint density at radius 3 is 2.18 bits per heavy atom. The van der Waals surface area contributed by atoms with Gasteiger partial charge in [-0.1, -0.05) is 34.6 Å². The van der Waals surface area contributed by atoms with Crippen molar-refractivity contribution in [2.24, 2.45) is 5.41 Å². The van der Waals surface area contributed by atoms with E-state index in [1.165, 1.54) is 0 Å². The summed E-state index contributed by atoms with van der Waals surface area (Å²) in [7, 11) is 0. The molecule has 94 valence electrons. The summed E-state index contributed by atoms with van der Waals surface area (Å²) in [6.07, 6.45) is 3.91. The molecule has 0 N–H and O–H groups in total. The highest BCUT2D eigenvalue weighted by molar-refractivity contribution is 5.99. The largest absolute Gasteiger partial charge is 0.294 e. The number of carbonyl (C=O) groups is 1. The van der Waals surface area contributed by atoms with Gasteiger partial charge < -0.3 is 0 Å². The van der Waals surface area contributed by atoms with Gasteiger partial charge >= 0.3 is 0 Å². The van der Waals surface area contributed by atoms with Crippen LogP contribution in [-0.4, -0.2) is 10.8 Å². The zero-order chi connectivity index (χ0) is 13.1. The van der Waals surface area contributed by atoms with E-state index in [9.17, 15) is 4.79 Å². The Morgan fingerprint density at radius 2 is 1.82 bits per heavy atom. The van der Waals surface area contributed by atoms with Crippen LogP contribution in [0.25, 0.3) is 0 Å². The Labute approximate surface area is 104 Å². The third-order valence-corrected chi connectivity index (χ3v) is 3.13. The maximum Gasteiger partial charge on any atom is 0.169 e. The molecule has 0 aromatic carbocycles. The molecule has 0 aliphatic heterocycles. The molecular formula is C15H23NO. The van der Waals surface area contributed by atoms with E-state index in [1.807, 2.05) is 32.9 Å². The molecule has 0 spiro atoms. The van der Waals surface area contributed by atoms with E-state index in [4.69, 9.17) is 0 Å². The minimum atomic E-state index is -0.335. The molecule has 0 bridgehead atoms. The zero-order valence-electron chi connectivity index (χ0n) is 11.6. The van der Waals surface area contributed by atoms with Crippen LogP contribution in [0.4, 0.5) is 0 Å². The highest BCUT2D eigenvalue weighted by Crippen LogP contribution is 2.23. The number of Topliss-reactive ketones (excluding diaryl/α,β-unsaturated/α-hetero) is 1. The van der Waals surface area contributed by atoms with Gasteiger partial charge in [0.2, 0.25) is 0 Å². The van der Waals surface area contributed by atoms with E-state index < -0.39 is 0 Å². The van der Waals surface area contributed by atoms with Gasteiger partial charge in [-0.15, -0.1) is 0 Å². The van der Waals surface area contributed by atoms with Crippen LogP contribution in [-0.2, 0) is 0 Å². The number of hydrogen-bond donors (Lipinski definition) is 0. The summed E-state index contributed by atoms with van der Waals surface area (Å²) in [4.78, 5) is 16.5. The molecule has 0 amide bonds. The minimum absolute atomic E-state index is 0.154. The lowest BCUT2D eigenvalue weighted by molar-refractivity contribution is 0.0858. The molecule has 0 unspecified atom stereocenters. The van der Waals surface area contributed by atoms with Gasteiger partial charge in [-0.05, 0) is 25.0 Å². The molecule has 0 fully saturated rings. The predicted octanol–water partition coefficient (Wildman–Crippen LogP) is 4.21. The van der Waals surface area contributed by atoms with Gasteiger partial charge in [0, 0.05) is 28.8 Å².